The minimum absolute atomic E-state index is 0.111. The van der Waals surface area contributed by atoms with Crippen LogP contribution in [-0.4, -0.2) is 15.9 Å². The lowest BCUT2D eigenvalue weighted by molar-refractivity contribution is 0.0988. The molecule has 0 amide bonds. The van der Waals surface area contributed by atoms with E-state index in [1.807, 2.05) is 44.2 Å². The van der Waals surface area contributed by atoms with Gasteiger partial charge in [0.1, 0.15) is 5.75 Å². The van der Waals surface area contributed by atoms with Crippen molar-refractivity contribution in [2.75, 3.05) is 0 Å². The van der Waals surface area contributed by atoms with Crippen LogP contribution in [0.2, 0.25) is 0 Å². The number of aromatic nitrogens is 2. The van der Waals surface area contributed by atoms with Crippen LogP contribution in [0.15, 0.2) is 59.1 Å². The quantitative estimate of drug-likeness (QED) is 0.626. The summed E-state index contributed by atoms with van der Waals surface area (Å²) in [6.45, 7) is 3.69. The number of Topliss-reactive ketones (excluding diaryl/α,β-unsaturated/α-hetero) is 1. The van der Waals surface area contributed by atoms with Crippen LogP contribution in [0.4, 0.5) is 0 Å². The van der Waals surface area contributed by atoms with E-state index in [4.69, 9.17) is 9.26 Å². The Hall–Kier alpha value is -2.95. The van der Waals surface area contributed by atoms with E-state index in [0.717, 1.165) is 5.56 Å². The fraction of sp³-hybridized carbons (Fsp3) is 0.211. The number of nitrogens with zero attached hydrogens (tertiary/aromatic N) is 2. The highest BCUT2D eigenvalue weighted by atomic mass is 16.5. The van der Waals surface area contributed by atoms with Crippen LogP contribution < -0.4 is 4.74 Å². The van der Waals surface area contributed by atoms with Gasteiger partial charge >= 0.3 is 0 Å². The van der Waals surface area contributed by atoms with Gasteiger partial charge in [0.15, 0.2) is 11.9 Å². The molecular weight excluding hydrogens is 304 g/mol. The summed E-state index contributed by atoms with van der Waals surface area (Å²) >= 11 is 0. The van der Waals surface area contributed by atoms with E-state index in [0.29, 0.717) is 29.4 Å². The summed E-state index contributed by atoms with van der Waals surface area (Å²) in [6.07, 6.45) is 0.126. The lowest BCUT2D eigenvalue weighted by atomic mass is 10.1. The Balaban J connectivity index is 1.70. The van der Waals surface area contributed by atoms with Gasteiger partial charge in [-0.05, 0) is 43.3 Å². The third-order valence-corrected chi connectivity index (χ3v) is 3.64. The minimum atomic E-state index is -0.362. The molecular formula is C19H18N2O3. The summed E-state index contributed by atoms with van der Waals surface area (Å²) in [7, 11) is 0. The SMILES string of the molecule is CCC(=O)c1ccc(O[C@H](C)c2noc(-c3ccccc3)n2)cc1. The van der Waals surface area contributed by atoms with Gasteiger partial charge in [0.05, 0.1) is 0 Å². The Morgan fingerprint density at radius 3 is 2.50 bits per heavy atom. The molecule has 0 unspecified atom stereocenters. The number of carbonyl (C=O) groups excluding carboxylic acids is 1. The van der Waals surface area contributed by atoms with Crippen molar-refractivity contribution >= 4 is 5.78 Å². The van der Waals surface area contributed by atoms with Crippen LogP contribution in [-0.2, 0) is 0 Å². The first-order valence-corrected chi connectivity index (χ1v) is 7.86. The van der Waals surface area contributed by atoms with Gasteiger partial charge in [-0.2, -0.15) is 4.98 Å². The van der Waals surface area contributed by atoms with E-state index in [9.17, 15) is 4.79 Å². The molecule has 3 rings (SSSR count). The average Bonchev–Trinajstić information content (AvgIpc) is 3.13. The number of rotatable bonds is 6. The van der Waals surface area contributed by atoms with Gasteiger partial charge in [0.25, 0.3) is 5.89 Å². The van der Waals surface area contributed by atoms with Crippen LogP contribution in [0.1, 0.15) is 42.6 Å². The molecule has 0 saturated heterocycles. The summed E-state index contributed by atoms with van der Waals surface area (Å²) in [5.74, 6) is 1.70. The number of carbonyl (C=O) groups is 1. The molecule has 1 aromatic heterocycles. The first-order chi connectivity index (χ1) is 11.7. The van der Waals surface area contributed by atoms with Crippen molar-refractivity contribution in [2.24, 2.45) is 0 Å². The normalized spacial score (nSPS) is 11.9. The highest BCUT2D eigenvalue weighted by molar-refractivity contribution is 5.95. The number of ether oxygens (including phenoxy) is 1. The Morgan fingerprint density at radius 2 is 1.83 bits per heavy atom. The van der Waals surface area contributed by atoms with Gasteiger partial charge in [0, 0.05) is 17.5 Å². The molecule has 0 spiro atoms. The Morgan fingerprint density at radius 1 is 1.12 bits per heavy atom. The molecule has 122 valence electrons. The van der Waals surface area contributed by atoms with Crippen LogP contribution >= 0.6 is 0 Å². The standard InChI is InChI=1S/C19H18N2O3/c1-3-17(22)14-9-11-16(12-10-14)23-13(2)18-20-19(24-21-18)15-7-5-4-6-8-15/h4-13H,3H2,1-2H3/t13-/m1/s1. The van der Waals surface area contributed by atoms with E-state index >= 15 is 0 Å². The van der Waals surface area contributed by atoms with Gasteiger partial charge in [-0.15, -0.1) is 0 Å². The molecule has 1 heterocycles. The van der Waals surface area contributed by atoms with Crippen molar-refractivity contribution in [2.45, 2.75) is 26.4 Å². The average molecular weight is 322 g/mol. The first kappa shape index (κ1) is 15.9. The smallest absolute Gasteiger partial charge is 0.258 e. The fourth-order valence-corrected chi connectivity index (χ4v) is 2.28. The molecule has 0 fully saturated rings. The van der Waals surface area contributed by atoms with Crippen molar-refractivity contribution in [1.29, 1.82) is 0 Å². The molecule has 0 aliphatic heterocycles. The number of ketones is 1. The summed E-state index contributed by atoms with van der Waals surface area (Å²) in [5, 5.41) is 3.98. The second kappa shape index (κ2) is 7.08. The molecule has 5 nitrogen and oxygen atoms in total. The predicted molar refractivity (Wildman–Crippen MR) is 89.8 cm³/mol. The van der Waals surface area contributed by atoms with Crippen LogP contribution in [0.5, 0.6) is 5.75 Å². The van der Waals surface area contributed by atoms with Crippen molar-refractivity contribution < 1.29 is 14.1 Å². The van der Waals surface area contributed by atoms with E-state index in [1.54, 1.807) is 24.3 Å². The van der Waals surface area contributed by atoms with Crippen LogP contribution in [0, 0.1) is 0 Å². The highest BCUT2D eigenvalue weighted by Crippen LogP contribution is 2.23. The molecule has 0 aliphatic carbocycles. The Labute approximate surface area is 140 Å². The Bertz CT molecular complexity index is 810. The lowest BCUT2D eigenvalue weighted by Gasteiger charge is -2.11. The largest absolute Gasteiger partial charge is 0.483 e. The summed E-state index contributed by atoms with van der Waals surface area (Å²) in [6, 6.07) is 16.7. The lowest BCUT2D eigenvalue weighted by Crippen LogP contribution is -2.05. The minimum Gasteiger partial charge on any atom is -0.483 e. The molecule has 0 saturated carbocycles. The van der Waals surface area contributed by atoms with Gasteiger partial charge < -0.3 is 9.26 Å². The maximum absolute atomic E-state index is 11.6. The molecule has 0 aliphatic rings. The second-order valence-corrected chi connectivity index (χ2v) is 5.38. The monoisotopic (exact) mass is 322 g/mol. The zero-order valence-corrected chi connectivity index (χ0v) is 13.6. The molecule has 1 atom stereocenters. The first-order valence-electron chi connectivity index (χ1n) is 7.86. The van der Waals surface area contributed by atoms with Gasteiger partial charge in [-0.3, -0.25) is 4.79 Å². The van der Waals surface area contributed by atoms with Crippen LogP contribution in [0.3, 0.4) is 0 Å². The number of hydrogen-bond acceptors (Lipinski definition) is 5. The van der Waals surface area contributed by atoms with Crippen molar-refractivity contribution in [3.63, 3.8) is 0 Å². The molecule has 0 N–H and O–H groups in total. The fourth-order valence-electron chi connectivity index (χ4n) is 2.28. The maximum Gasteiger partial charge on any atom is 0.258 e. The zero-order valence-electron chi connectivity index (χ0n) is 13.6. The molecule has 2 aromatic carbocycles. The van der Waals surface area contributed by atoms with Crippen molar-refractivity contribution in [3.05, 3.63) is 66.0 Å². The zero-order chi connectivity index (χ0) is 16.9. The Kier molecular flexibility index (Phi) is 4.70. The van der Waals surface area contributed by atoms with Crippen LogP contribution in [0.25, 0.3) is 11.5 Å². The number of benzene rings is 2. The predicted octanol–water partition coefficient (Wildman–Crippen LogP) is 4.47. The van der Waals surface area contributed by atoms with Gasteiger partial charge in [-0.25, -0.2) is 0 Å². The molecule has 24 heavy (non-hydrogen) atoms. The highest BCUT2D eigenvalue weighted by Gasteiger charge is 2.16. The van der Waals surface area contributed by atoms with Gasteiger partial charge in [-0.1, -0.05) is 30.3 Å². The van der Waals surface area contributed by atoms with E-state index in [2.05, 4.69) is 10.1 Å². The maximum atomic E-state index is 11.6. The van der Waals surface area contributed by atoms with E-state index in [1.165, 1.54) is 0 Å². The molecule has 5 heteroatoms. The van der Waals surface area contributed by atoms with Crippen molar-refractivity contribution in [1.82, 2.24) is 10.1 Å². The van der Waals surface area contributed by atoms with Crippen molar-refractivity contribution in [3.8, 4) is 17.2 Å². The second-order valence-electron chi connectivity index (χ2n) is 5.38. The summed E-state index contributed by atoms with van der Waals surface area (Å²) in [5.41, 5.74) is 1.55. The third-order valence-electron chi connectivity index (χ3n) is 3.64. The number of hydrogen-bond donors (Lipinski definition) is 0. The summed E-state index contributed by atoms with van der Waals surface area (Å²) < 4.78 is 11.1. The molecule has 0 bridgehead atoms. The molecule has 0 radical (unpaired) electrons. The molecule has 3 aromatic rings. The van der Waals surface area contributed by atoms with Gasteiger partial charge in [0.2, 0.25) is 5.82 Å². The summed E-state index contributed by atoms with van der Waals surface area (Å²) in [4.78, 5) is 16.0. The topological polar surface area (TPSA) is 65.2 Å². The third kappa shape index (κ3) is 3.51. The van der Waals surface area contributed by atoms with E-state index in [-0.39, 0.29) is 11.9 Å². The van der Waals surface area contributed by atoms with E-state index < -0.39 is 0 Å².